The zero-order valence-corrected chi connectivity index (χ0v) is 6.93. The van der Waals surface area contributed by atoms with Crippen molar-refractivity contribution in [2.45, 2.75) is 18.4 Å². The Hall–Kier alpha value is -1.58. The number of carbonyl (C=O) groups is 1. The van der Waals surface area contributed by atoms with Gasteiger partial charge in [0.2, 0.25) is 5.60 Å². The summed E-state index contributed by atoms with van der Waals surface area (Å²) < 4.78 is 5.31. The van der Waals surface area contributed by atoms with Gasteiger partial charge in [0.25, 0.3) is 0 Å². The Kier molecular flexibility index (Phi) is 1.69. The van der Waals surface area contributed by atoms with Crippen LogP contribution in [0.1, 0.15) is 12.8 Å². The standard InChI is InChI=1S/C9H9NO3/c11-8(12)9(3-4-9)13-7-2-1-5-10-6-7/h1-2,5-6H,3-4H2,(H,11,12). The minimum Gasteiger partial charge on any atom is -0.478 e. The first-order valence-corrected chi connectivity index (χ1v) is 4.05. The number of nitrogens with zero attached hydrogens (tertiary/aromatic N) is 1. The van der Waals surface area contributed by atoms with E-state index in [0.717, 1.165) is 0 Å². The molecule has 0 bridgehead atoms. The molecule has 0 spiro atoms. The zero-order valence-electron chi connectivity index (χ0n) is 6.93. The van der Waals surface area contributed by atoms with Gasteiger partial charge in [-0.3, -0.25) is 4.98 Å². The molecule has 1 N–H and O–H groups in total. The first-order chi connectivity index (χ1) is 6.23. The molecule has 4 heteroatoms. The van der Waals surface area contributed by atoms with Crippen molar-refractivity contribution in [2.75, 3.05) is 0 Å². The molecule has 0 aromatic carbocycles. The van der Waals surface area contributed by atoms with Crippen molar-refractivity contribution < 1.29 is 14.6 Å². The fraction of sp³-hybridized carbons (Fsp3) is 0.333. The molecule has 1 aromatic heterocycles. The highest BCUT2D eigenvalue weighted by molar-refractivity contribution is 5.81. The van der Waals surface area contributed by atoms with E-state index in [4.69, 9.17) is 9.84 Å². The van der Waals surface area contributed by atoms with Crippen molar-refractivity contribution in [1.82, 2.24) is 4.98 Å². The number of aromatic nitrogens is 1. The SMILES string of the molecule is O=C(O)C1(Oc2cccnc2)CC1. The van der Waals surface area contributed by atoms with Crippen molar-refractivity contribution >= 4 is 5.97 Å². The van der Waals surface area contributed by atoms with Gasteiger partial charge in [-0.25, -0.2) is 4.79 Å². The van der Waals surface area contributed by atoms with E-state index in [2.05, 4.69) is 4.98 Å². The van der Waals surface area contributed by atoms with Crippen LogP contribution in [0.2, 0.25) is 0 Å². The van der Waals surface area contributed by atoms with Crippen LogP contribution < -0.4 is 4.74 Å². The molecule has 2 rings (SSSR count). The van der Waals surface area contributed by atoms with Crippen molar-refractivity contribution in [1.29, 1.82) is 0 Å². The van der Waals surface area contributed by atoms with E-state index >= 15 is 0 Å². The maximum Gasteiger partial charge on any atom is 0.348 e. The zero-order chi connectivity index (χ0) is 9.31. The summed E-state index contributed by atoms with van der Waals surface area (Å²) in [6.45, 7) is 0. The molecule has 1 fully saturated rings. The number of pyridine rings is 1. The lowest BCUT2D eigenvalue weighted by Crippen LogP contribution is -2.28. The quantitative estimate of drug-likeness (QED) is 0.754. The normalized spacial score (nSPS) is 17.8. The monoisotopic (exact) mass is 179 g/mol. The molecule has 1 saturated carbocycles. The molecule has 68 valence electrons. The molecule has 0 unspecified atom stereocenters. The third-order valence-electron chi connectivity index (χ3n) is 2.04. The molecule has 1 aliphatic carbocycles. The van der Waals surface area contributed by atoms with E-state index in [-0.39, 0.29) is 0 Å². The summed E-state index contributed by atoms with van der Waals surface area (Å²) >= 11 is 0. The van der Waals surface area contributed by atoms with E-state index in [9.17, 15) is 4.79 Å². The lowest BCUT2D eigenvalue weighted by Gasteiger charge is -2.12. The van der Waals surface area contributed by atoms with Crippen LogP contribution in [-0.2, 0) is 4.79 Å². The summed E-state index contributed by atoms with van der Waals surface area (Å²) in [5.74, 6) is -0.376. The first kappa shape index (κ1) is 8.04. The van der Waals surface area contributed by atoms with Crippen LogP contribution in [0.5, 0.6) is 5.75 Å². The fourth-order valence-corrected chi connectivity index (χ4v) is 1.11. The van der Waals surface area contributed by atoms with Crippen LogP contribution in [0.25, 0.3) is 0 Å². The second-order valence-corrected chi connectivity index (χ2v) is 3.09. The summed E-state index contributed by atoms with van der Waals surface area (Å²) in [4.78, 5) is 14.6. The van der Waals surface area contributed by atoms with Gasteiger partial charge in [0.1, 0.15) is 5.75 Å². The molecule has 1 aliphatic rings. The van der Waals surface area contributed by atoms with Crippen LogP contribution in [-0.4, -0.2) is 21.7 Å². The Morgan fingerprint density at radius 1 is 1.62 bits per heavy atom. The van der Waals surface area contributed by atoms with Crippen LogP contribution >= 0.6 is 0 Å². The summed E-state index contributed by atoms with van der Waals surface area (Å²) in [5, 5.41) is 8.82. The fourth-order valence-electron chi connectivity index (χ4n) is 1.11. The first-order valence-electron chi connectivity index (χ1n) is 4.05. The Labute approximate surface area is 75.2 Å². The Morgan fingerprint density at radius 3 is 2.85 bits per heavy atom. The minimum atomic E-state index is -0.969. The lowest BCUT2D eigenvalue weighted by atomic mass is 10.3. The van der Waals surface area contributed by atoms with Gasteiger partial charge in [-0.15, -0.1) is 0 Å². The van der Waals surface area contributed by atoms with Crippen molar-refractivity contribution in [3.63, 3.8) is 0 Å². The summed E-state index contributed by atoms with van der Waals surface area (Å²) in [6, 6.07) is 3.42. The average Bonchev–Trinajstić information content (AvgIpc) is 2.87. The Morgan fingerprint density at radius 2 is 2.38 bits per heavy atom. The molecular formula is C9H9NO3. The molecule has 1 heterocycles. The molecular weight excluding hydrogens is 170 g/mol. The van der Waals surface area contributed by atoms with Gasteiger partial charge in [0, 0.05) is 19.0 Å². The summed E-state index contributed by atoms with van der Waals surface area (Å²) in [6.07, 6.45) is 4.30. The number of rotatable bonds is 3. The molecule has 0 amide bonds. The van der Waals surface area contributed by atoms with Gasteiger partial charge in [0.05, 0.1) is 6.20 Å². The molecule has 1 aromatic rings. The third-order valence-corrected chi connectivity index (χ3v) is 2.04. The van der Waals surface area contributed by atoms with Crippen molar-refractivity contribution in [3.8, 4) is 5.75 Å². The van der Waals surface area contributed by atoms with Gasteiger partial charge < -0.3 is 9.84 Å². The average molecular weight is 179 g/mol. The molecule has 0 saturated heterocycles. The highest BCUT2D eigenvalue weighted by atomic mass is 16.5. The van der Waals surface area contributed by atoms with E-state index in [1.165, 1.54) is 6.20 Å². The van der Waals surface area contributed by atoms with Crippen LogP contribution in [0.3, 0.4) is 0 Å². The molecule has 0 aliphatic heterocycles. The minimum absolute atomic E-state index is 0.516. The van der Waals surface area contributed by atoms with Crippen molar-refractivity contribution in [3.05, 3.63) is 24.5 Å². The van der Waals surface area contributed by atoms with Crippen molar-refractivity contribution in [2.24, 2.45) is 0 Å². The van der Waals surface area contributed by atoms with E-state index < -0.39 is 11.6 Å². The highest BCUT2D eigenvalue weighted by Crippen LogP contribution is 2.40. The molecule has 0 radical (unpaired) electrons. The lowest BCUT2D eigenvalue weighted by molar-refractivity contribution is -0.147. The third kappa shape index (κ3) is 1.47. The van der Waals surface area contributed by atoms with Gasteiger partial charge in [0.15, 0.2) is 0 Å². The van der Waals surface area contributed by atoms with Gasteiger partial charge >= 0.3 is 5.97 Å². The number of hydrogen-bond donors (Lipinski definition) is 1. The number of carboxylic acids is 1. The topological polar surface area (TPSA) is 59.4 Å². The number of carboxylic acid groups (broad SMARTS) is 1. The Bertz CT molecular complexity index is 319. The van der Waals surface area contributed by atoms with Crippen LogP contribution in [0.15, 0.2) is 24.5 Å². The molecule has 0 atom stereocenters. The smallest absolute Gasteiger partial charge is 0.348 e. The van der Waals surface area contributed by atoms with Crippen LogP contribution in [0, 0.1) is 0 Å². The van der Waals surface area contributed by atoms with E-state index in [0.29, 0.717) is 18.6 Å². The van der Waals surface area contributed by atoms with E-state index in [1.807, 2.05) is 0 Å². The molecule has 4 nitrogen and oxygen atoms in total. The second kappa shape index (κ2) is 2.73. The molecule has 13 heavy (non-hydrogen) atoms. The Balaban J connectivity index is 2.11. The van der Waals surface area contributed by atoms with Gasteiger partial charge in [-0.05, 0) is 12.1 Å². The maximum absolute atomic E-state index is 10.7. The van der Waals surface area contributed by atoms with Gasteiger partial charge in [-0.2, -0.15) is 0 Å². The summed E-state index contributed by atoms with van der Waals surface area (Å²) in [7, 11) is 0. The largest absolute Gasteiger partial charge is 0.478 e. The summed E-state index contributed by atoms with van der Waals surface area (Å²) in [5.41, 5.74) is -0.969. The number of ether oxygens (including phenoxy) is 1. The second-order valence-electron chi connectivity index (χ2n) is 3.09. The predicted octanol–water partition coefficient (Wildman–Crippen LogP) is 1.08. The van der Waals surface area contributed by atoms with Crippen LogP contribution in [0.4, 0.5) is 0 Å². The highest BCUT2D eigenvalue weighted by Gasteiger charge is 2.53. The van der Waals surface area contributed by atoms with E-state index in [1.54, 1.807) is 18.3 Å². The predicted molar refractivity (Wildman–Crippen MR) is 44.5 cm³/mol. The maximum atomic E-state index is 10.7. The van der Waals surface area contributed by atoms with Gasteiger partial charge in [-0.1, -0.05) is 0 Å². The number of aliphatic carboxylic acids is 1. The number of hydrogen-bond acceptors (Lipinski definition) is 3.